The fourth-order valence-corrected chi connectivity index (χ4v) is 4.45. The van der Waals surface area contributed by atoms with Crippen LogP contribution >= 0.6 is 15.9 Å². The standard InChI is InChI=1S/C23H22BrNO4/c1-14-11-20(24)29-22(14)23(26)25-10-9-16-12-18(27-2)19(28-3)13-17(16)21(25)15-7-5-4-6-8-15/h4-8,11-13,21H,9-10H2,1-3H3. The van der Waals surface area contributed by atoms with Gasteiger partial charge >= 0.3 is 0 Å². The smallest absolute Gasteiger partial charge is 0.290 e. The van der Waals surface area contributed by atoms with Crippen LogP contribution in [0.15, 0.2) is 57.6 Å². The first-order valence-corrected chi connectivity index (χ1v) is 10.2. The third-order valence-corrected chi connectivity index (χ3v) is 5.72. The molecule has 0 N–H and O–H groups in total. The number of benzene rings is 2. The third-order valence-electron chi connectivity index (χ3n) is 5.33. The van der Waals surface area contributed by atoms with Crippen molar-refractivity contribution in [3.05, 3.63) is 81.2 Å². The molecular weight excluding hydrogens is 434 g/mol. The number of methoxy groups -OCH3 is 2. The molecule has 0 bridgehead atoms. The maximum atomic E-state index is 13.5. The van der Waals surface area contributed by atoms with E-state index < -0.39 is 0 Å². The number of nitrogens with zero attached hydrogens (tertiary/aromatic N) is 1. The summed E-state index contributed by atoms with van der Waals surface area (Å²) in [7, 11) is 3.26. The minimum Gasteiger partial charge on any atom is -0.493 e. The van der Waals surface area contributed by atoms with Gasteiger partial charge in [0.1, 0.15) is 0 Å². The van der Waals surface area contributed by atoms with E-state index in [2.05, 4.69) is 15.9 Å². The number of hydrogen-bond acceptors (Lipinski definition) is 4. The van der Waals surface area contributed by atoms with Gasteiger partial charge in [0, 0.05) is 12.1 Å². The van der Waals surface area contributed by atoms with Crippen molar-refractivity contribution >= 4 is 21.8 Å². The Balaban J connectivity index is 1.85. The molecule has 29 heavy (non-hydrogen) atoms. The second kappa shape index (κ2) is 7.95. The summed E-state index contributed by atoms with van der Waals surface area (Å²) in [6.45, 7) is 2.46. The van der Waals surface area contributed by atoms with Crippen LogP contribution in [0.5, 0.6) is 11.5 Å². The number of carbonyl (C=O) groups excluding carboxylic acids is 1. The van der Waals surface area contributed by atoms with Crippen LogP contribution in [0, 0.1) is 6.92 Å². The van der Waals surface area contributed by atoms with Gasteiger partial charge in [-0.2, -0.15) is 0 Å². The third kappa shape index (κ3) is 3.53. The Kier molecular flexibility index (Phi) is 5.37. The molecule has 4 rings (SSSR count). The van der Waals surface area contributed by atoms with Crippen molar-refractivity contribution in [1.82, 2.24) is 4.90 Å². The minimum atomic E-state index is -0.240. The van der Waals surface area contributed by atoms with E-state index in [0.29, 0.717) is 28.5 Å². The molecule has 1 aliphatic rings. The number of fused-ring (bicyclic) bond motifs is 1. The molecule has 0 spiro atoms. The van der Waals surface area contributed by atoms with Crippen molar-refractivity contribution in [2.24, 2.45) is 0 Å². The van der Waals surface area contributed by atoms with Gasteiger partial charge in [-0.25, -0.2) is 0 Å². The van der Waals surface area contributed by atoms with Crippen molar-refractivity contribution in [2.75, 3.05) is 20.8 Å². The quantitative estimate of drug-likeness (QED) is 0.545. The number of hydrogen-bond donors (Lipinski definition) is 0. The molecule has 1 unspecified atom stereocenters. The number of aryl methyl sites for hydroxylation is 1. The molecule has 1 aromatic heterocycles. The van der Waals surface area contributed by atoms with Gasteiger partial charge in [-0.3, -0.25) is 4.79 Å². The van der Waals surface area contributed by atoms with Gasteiger partial charge in [0.15, 0.2) is 21.9 Å². The predicted molar refractivity (Wildman–Crippen MR) is 114 cm³/mol. The first kappa shape index (κ1) is 19.6. The van der Waals surface area contributed by atoms with Gasteiger partial charge in [0.25, 0.3) is 5.91 Å². The first-order chi connectivity index (χ1) is 14.0. The van der Waals surface area contributed by atoms with E-state index in [0.717, 1.165) is 28.7 Å². The zero-order chi connectivity index (χ0) is 20.5. The van der Waals surface area contributed by atoms with E-state index in [4.69, 9.17) is 13.9 Å². The number of ether oxygens (including phenoxy) is 2. The van der Waals surface area contributed by atoms with Gasteiger partial charge in [-0.15, -0.1) is 0 Å². The van der Waals surface area contributed by atoms with Crippen LogP contribution in [0.2, 0.25) is 0 Å². The summed E-state index contributed by atoms with van der Waals surface area (Å²) in [5, 5.41) is 0. The highest BCUT2D eigenvalue weighted by atomic mass is 79.9. The second-order valence-corrected chi connectivity index (χ2v) is 7.81. The van der Waals surface area contributed by atoms with Gasteiger partial charge in [-0.05, 0) is 64.2 Å². The number of carbonyl (C=O) groups is 1. The van der Waals surface area contributed by atoms with Crippen LogP contribution in [0.3, 0.4) is 0 Å². The van der Waals surface area contributed by atoms with Gasteiger partial charge < -0.3 is 18.8 Å². The minimum absolute atomic E-state index is 0.123. The highest BCUT2D eigenvalue weighted by Gasteiger charge is 2.35. The van der Waals surface area contributed by atoms with E-state index in [1.807, 2.05) is 60.4 Å². The summed E-state index contributed by atoms with van der Waals surface area (Å²) in [6.07, 6.45) is 0.728. The lowest BCUT2D eigenvalue weighted by molar-refractivity contribution is 0.0659. The average Bonchev–Trinajstić information content (AvgIpc) is 3.09. The molecule has 150 valence electrons. The number of halogens is 1. The maximum absolute atomic E-state index is 13.5. The van der Waals surface area contributed by atoms with Gasteiger partial charge in [-0.1, -0.05) is 30.3 Å². The largest absolute Gasteiger partial charge is 0.493 e. The molecule has 2 heterocycles. The van der Waals surface area contributed by atoms with Crippen LogP contribution < -0.4 is 9.47 Å². The molecule has 1 amide bonds. The van der Waals surface area contributed by atoms with Crippen molar-refractivity contribution < 1.29 is 18.7 Å². The van der Waals surface area contributed by atoms with Crippen LogP contribution in [0.1, 0.15) is 38.9 Å². The van der Waals surface area contributed by atoms with Crippen molar-refractivity contribution in [2.45, 2.75) is 19.4 Å². The Hall–Kier alpha value is -2.73. The van der Waals surface area contributed by atoms with E-state index in [1.165, 1.54) is 0 Å². The molecule has 3 aromatic rings. The van der Waals surface area contributed by atoms with E-state index in [-0.39, 0.29) is 11.9 Å². The lowest BCUT2D eigenvalue weighted by Gasteiger charge is -2.37. The normalized spacial score (nSPS) is 15.7. The van der Waals surface area contributed by atoms with E-state index in [9.17, 15) is 4.79 Å². The van der Waals surface area contributed by atoms with E-state index >= 15 is 0 Å². The molecule has 1 aliphatic heterocycles. The second-order valence-electron chi connectivity index (χ2n) is 7.03. The predicted octanol–water partition coefficient (Wildman–Crippen LogP) is 5.16. The number of amides is 1. The highest BCUT2D eigenvalue weighted by molar-refractivity contribution is 9.10. The van der Waals surface area contributed by atoms with Crippen LogP contribution in [0.4, 0.5) is 0 Å². The lowest BCUT2D eigenvalue weighted by atomic mass is 9.87. The fraction of sp³-hybridized carbons (Fsp3) is 0.261. The lowest BCUT2D eigenvalue weighted by Crippen LogP contribution is -2.40. The Bertz CT molecular complexity index is 1040. The number of furan rings is 1. The van der Waals surface area contributed by atoms with Crippen LogP contribution in [-0.2, 0) is 6.42 Å². The SMILES string of the molecule is COc1cc2c(cc1OC)C(c1ccccc1)N(C(=O)c1oc(Br)cc1C)CC2. The monoisotopic (exact) mass is 455 g/mol. The Morgan fingerprint density at radius 2 is 1.79 bits per heavy atom. The van der Waals surface area contributed by atoms with Crippen molar-refractivity contribution in [3.63, 3.8) is 0 Å². The molecule has 0 saturated carbocycles. The van der Waals surface area contributed by atoms with Crippen molar-refractivity contribution in [1.29, 1.82) is 0 Å². The van der Waals surface area contributed by atoms with Gasteiger partial charge in [0.05, 0.1) is 20.3 Å². The summed E-state index contributed by atoms with van der Waals surface area (Å²) in [6, 6.07) is 15.6. The zero-order valence-corrected chi connectivity index (χ0v) is 18.2. The Morgan fingerprint density at radius 3 is 2.41 bits per heavy atom. The summed E-state index contributed by atoms with van der Waals surface area (Å²) in [5.41, 5.74) is 4.04. The summed E-state index contributed by atoms with van der Waals surface area (Å²) in [4.78, 5) is 15.3. The Morgan fingerprint density at radius 1 is 1.10 bits per heavy atom. The van der Waals surface area contributed by atoms with Crippen LogP contribution in [0.25, 0.3) is 0 Å². The van der Waals surface area contributed by atoms with E-state index in [1.54, 1.807) is 14.2 Å². The molecule has 0 fully saturated rings. The average molecular weight is 456 g/mol. The summed E-state index contributed by atoms with van der Waals surface area (Å²) < 4.78 is 17.2. The first-order valence-electron chi connectivity index (χ1n) is 9.40. The Labute approximate surface area is 178 Å². The topological polar surface area (TPSA) is 51.9 Å². The summed E-state index contributed by atoms with van der Waals surface area (Å²) >= 11 is 3.33. The molecule has 2 aromatic carbocycles. The molecular formula is C23H22BrNO4. The van der Waals surface area contributed by atoms with Crippen LogP contribution in [-0.4, -0.2) is 31.6 Å². The van der Waals surface area contributed by atoms with Crippen molar-refractivity contribution in [3.8, 4) is 11.5 Å². The molecule has 1 atom stereocenters. The summed E-state index contributed by atoms with van der Waals surface area (Å²) in [5.74, 6) is 1.59. The molecule has 0 aliphatic carbocycles. The molecule has 0 saturated heterocycles. The number of rotatable bonds is 4. The molecule has 5 nitrogen and oxygen atoms in total. The maximum Gasteiger partial charge on any atom is 0.290 e. The van der Waals surface area contributed by atoms with Gasteiger partial charge in [0.2, 0.25) is 0 Å². The molecule has 6 heteroatoms. The molecule has 0 radical (unpaired) electrons. The highest BCUT2D eigenvalue weighted by Crippen LogP contribution is 2.41. The zero-order valence-electron chi connectivity index (χ0n) is 16.6. The fourth-order valence-electron chi connectivity index (χ4n) is 3.95.